The molecule has 6 heteroatoms. The Morgan fingerprint density at radius 2 is 0.439 bits per heavy atom. The quantitative estimate of drug-likeness (QED) is 0.0261. The number of rotatable bonds is 68. The molecule has 0 saturated heterocycles. The van der Waals surface area contributed by atoms with Gasteiger partial charge in [-0.1, -0.05) is 345 Å². The van der Waals surface area contributed by atoms with E-state index in [9.17, 15) is 14.4 Å². The molecule has 0 aliphatic carbocycles. The second-order valence-corrected chi connectivity index (χ2v) is 24.9. The minimum atomic E-state index is -0.775. The first-order chi connectivity index (χ1) is 40.5. The van der Waals surface area contributed by atoms with Crippen LogP contribution in [0, 0.1) is 0 Å². The third-order valence-corrected chi connectivity index (χ3v) is 16.6. The summed E-state index contributed by atoms with van der Waals surface area (Å²) in [6, 6.07) is 0. The van der Waals surface area contributed by atoms with Crippen molar-refractivity contribution in [3.8, 4) is 0 Å². The molecular formula is C76H140O6. The molecule has 0 fully saturated rings. The van der Waals surface area contributed by atoms with Crippen molar-refractivity contribution in [1.82, 2.24) is 0 Å². The van der Waals surface area contributed by atoms with Crippen LogP contribution in [-0.4, -0.2) is 37.2 Å². The van der Waals surface area contributed by atoms with Gasteiger partial charge in [-0.3, -0.25) is 14.4 Å². The summed E-state index contributed by atoms with van der Waals surface area (Å²) in [5.74, 6) is -0.847. The Morgan fingerprint density at radius 3 is 0.695 bits per heavy atom. The fourth-order valence-electron chi connectivity index (χ4n) is 11.0. The van der Waals surface area contributed by atoms with Gasteiger partial charge in [-0.15, -0.1) is 0 Å². The van der Waals surface area contributed by atoms with Crippen LogP contribution in [0.25, 0.3) is 0 Å². The smallest absolute Gasteiger partial charge is 0.306 e. The summed E-state index contributed by atoms with van der Waals surface area (Å²) >= 11 is 0. The summed E-state index contributed by atoms with van der Waals surface area (Å²) in [5.41, 5.74) is 0. The minimum Gasteiger partial charge on any atom is -0.462 e. The van der Waals surface area contributed by atoms with E-state index in [1.165, 1.54) is 289 Å². The van der Waals surface area contributed by atoms with Gasteiger partial charge in [0.15, 0.2) is 6.10 Å². The topological polar surface area (TPSA) is 78.9 Å². The van der Waals surface area contributed by atoms with Crippen molar-refractivity contribution in [3.63, 3.8) is 0 Å². The molecule has 480 valence electrons. The molecule has 1 unspecified atom stereocenters. The zero-order chi connectivity index (χ0) is 59.2. The van der Waals surface area contributed by atoms with Crippen molar-refractivity contribution >= 4 is 17.9 Å². The van der Waals surface area contributed by atoms with Gasteiger partial charge in [0.25, 0.3) is 0 Å². The van der Waals surface area contributed by atoms with Crippen LogP contribution in [0.1, 0.15) is 400 Å². The van der Waals surface area contributed by atoms with E-state index in [1.807, 2.05) is 0 Å². The van der Waals surface area contributed by atoms with Crippen molar-refractivity contribution in [2.75, 3.05) is 13.2 Å². The Bertz CT molecular complexity index is 1410. The average Bonchev–Trinajstić information content (AvgIpc) is 3.47. The summed E-state index contributed by atoms with van der Waals surface area (Å²) in [6.07, 6.45) is 89.9. The molecule has 0 spiro atoms. The Labute approximate surface area is 511 Å². The van der Waals surface area contributed by atoms with Crippen molar-refractivity contribution in [2.45, 2.75) is 406 Å². The third kappa shape index (κ3) is 68.2. The predicted octanol–water partition coefficient (Wildman–Crippen LogP) is 25.3. The van der Waals surface area contributed by atoms with Crippen molar-refractivity contribution in [2.24, 2.45) is 0 Å². The number of allylic oxidation sites excluding steroid dienone is 8. The molecule has 1 atom stereocenters. The van der Waals surface area contributed by atoms with Gasteiger partial charge in [0.1, 0.15) is 13.2 Å². The lowest BCUT2D eigenvalue weighted by Crippen LogP contribution is -2.30. The Hall–Kier alpha value is -2.63. The molecule has 0 aliphatic heterocycles. The van der Waals surface area contributed by atoms with E-state index >= 15 is 0 Å². The van der Waals surface area contributed by atoms with Gasteiger partial charge in [0.05, 0.1) is 0 Å². The lowest BCUT2D eigenvalue weighted by atomic mass is 10.0. The molecule has 0 aromatic carbocycles. The normalized spacial score (nSPS) is 12.3. The maximum atomic E-state index is 13.0. The van der Waals surface area contributed by atoms with Crippen LogP contribution in [0.5, 0.6) is 0 Å². The van der Waals surface area contributed by atoms with E-state index in [0.29, 0.717) is 19.3 Å². The summed E-state index contributed by atoms with van der Waals surface area (Å²) in [7, 11) is 0. The van der Waals surface area contributed by atoms with Gasteiger partial charge in [0, 0.05) is 19.3 Å². The predicted molar refractivity (Wildman–Crippen MR) is 358 cm³/mol. The zero-order valence-electron chi connectivity index (χ0n) is 55.3. The van der Waals surface area contributed by atoms with Gasteiger partial charge >= 0.3 is 17.9 Å². The highest BCUT2D eigenvalue weighted by atomic mass is 16.6. The number of unbranched alkanes of at least 4 members (excludes halogenated alkanes) is 49. The standard InChI is InChI=1S/C76H140O6/c1-4-7-10-13-16-19-22-25-28-31-33-35-36-37-38-39-40-41-43-45-48-51-54-57-60-63-66-69-75(78)81-72-73(71-80-74(77)68-65-62-59-56-53-50-47-44-30-27-24-21-18-15-12-9-6-3)82-76(79)70-67-64-61-58-55-52-49-46-42-34-32-29-26-23-20-17-14-11-8-5-2/h22,25,27,30-31,33,36-37,73H,4-21,23-24,26,28-29,32,34-35,38-72H2,1-3H3/b25-22-,30-27-,33-31-,37-36-. The summed E-state index contributed by atoms with van der Waals surface area (Å²) in [6.45, 7) is 6.70. The van der Waals surface area contributed by atoms with E-state index in [2.05, 4.69) is 69.4 Å². The van der Waals surface area contributed by atoms with Crippen molar-refractivity contribution in [1.29, 1.82) is 0 Å². The van der Waals surface area contributed by atoms with Crippen LogP contribution in [0.4, 0.5) is 0 Å². The van der Waals surface area contributed by atoms with Crippen LogP contribution in [0.15, 0.2) is 48.6 Å². The van der Waals surface area contributed by atoms with E-state index in [1.54, 1.807) is 0 Å². The maximum Gasteiger partial charge on any atom is 0.306 e. The minimum absolute atomic E-state index is 0.0707. The fourth-order valence-corrected chi connectivity index (χ4v) is 11.0. The van der Waals surface area contributed by atoms with Crippen LogP contribution >= 0.6 is 0 Å². The molecule has 0 heterocycles. The Morgan fingerprint density at radius 1 is 0.244 bits per heavy atom. The molecule has 0 aliphatic rings. The van der Waals surface area contributed by atoms with Crippen molar-refractivity contribution in [3.05, 3.63) is 48.6 Å². The first-order valence-electron chi connectivity index (χ1n) is 36.6. The molecular weight excluding hydrogens is 1010 g/mol. The zero-order valence-corrected chi connectivity index (χ0v) is 55.3. The van der Waals surface area contributed by atoms with Crippen LogP contribution in [0.2, 0.25) is 0 Å². The maximum absolute atomic E-state index is 13.0. The van der Waals surface area contributed by atoms with Crippen LogP contribution in [0.3, 0.4) is 0 Å². The second kappa shape index (κ2) is 70.9. The molecule has 0 radical (unpaired) electrons. The second-order valence-electron chi connectivity index (χ2n) is 24.9. The number of esters is 3. The van der Waals surface area contributed by atoms with Crippen molar-refractivity contribution < 1.29 is 28.6 Å². The highest BCUT2D eigenvalue weighted by Crippen LogP contribution is 2.18. The molecule has 82 heavy (non-hydrogen) atoms. The van der Waals surface area contributed by atoms with E-state index in [4.69, 9.17) is 14.2 Å². The Balaban J connectivity index is 4.29. The lowest BCUT2D eigenvalue weighted by Gasteiger charge is -2.18. The van der Waals surface area contributed by atoms with Gasteiger partial charge in [0.2, 0.25) is 0 Å². The number of hydrogen-bond donors (Lipinski definition) is 0. The first kappa shape index (κ1) is 79.4. The number of carbonyl (C=O) groups excluding carboxylic acids is 3. The molecule has 0 amide bonds. The van der Waals surface area contributed by atoms with E-state index in [-0.39, 0.29) is 31.1 Å². The summed E-state index contributed by atoms with van der Waals surface area (Å²) in [5, 5.41) is 0. The molecule has 0 rings (SSSR count). The summed E-state index contributed by atoms with van der Waals surface area (Å²) < 4.78 is 17.0. The molecule has 0 saturated carbocycles. The SMILES string of the molecule is CCCCCCC/C=C\C/C=C\C/C=C\CCCCCCCCCCCCCCC(=O)OCC(COC(=O)CCCCCCCCC/C=C\CCCCCCCC)OC(=O)CCCCCCCCCCCCCCCCCCCCCC. The lowest BCUT2D eigenvalue weighted by molar-refractivity contribution is -0.167. The monoisotopic (exact) mass is 1150 g/mol. The first-order valence-corrected chi connectivity index (χ1v) is 36.6. The molecule has 0 bridgehead atoms. The van der Waals surface area contributed by atoms with Crippen LogP contribution < -0.4 is 0 Å². The third-order valence-electron chi connectivity index (χ3n) is 16.6. The largest absolute Gasteiger partial charge is 0.462 e. The molecule has 0 aromatic heterocycles. The van der Waals surface area contributed by atoms with Gasteiger partial charge in [-0.2, -0.15) is 0 Å². The molecule has 0 N–H and O–H groups in total. The number of ether oxygens (including phenoxy) is 3. The fraction of sp³-hybridized carbons (Fsp3) is 0.855. The molecule has 6 nitrogen and oxygen atoms in total. The molecule has 0 aromatic rings. The van der Waals surface area contributed by atoms with Gasteiger partial charge in [-0.05, 0) is 83.5 Å². The van der Waals surface area contributed by atoms with Gasteiger partial charge < -0.3 is 14.2 Å². The van der Waals surface area contributed by atoms with Gasteiger partial charge in [-0.25, -0.2) is 0 Å². The van der Waals surface area contributed by atoms with E-state index in [0.717, 1.165) is 70.6 Å². The highest BCUT2D eigenvalue weighted by molar-refractivity contribution is 5.71. The highest BCUT2D eigenvalue weighted by Gasteiger charge is 2.19. The number of carbonyl (C=O) groups is 3. The average molecular weight is 1150 g/mol. The number of hydrogen-bond acceptors (Lipinski definition) is 6. The summed E-state index contributed by atoms with van der Waals surface area (Å²) in [4.78, 5) is 38.5. The van der Waals surface area contributed by atoms with Crippen LogP contribution in [-0.2, 0) is 28.6 Å². The van der Waals surface area contributed by atoms with E-state index < -0.39 is 6.10 Å². The Kier molecular flexibility index (Phi) is 68.6.